The Morgan fingerprint density at radius 1 is 1.43 bits per heavy atom. The number of nitrogens with zero attached hydrogens (tertiary/aromatic N) is 1. The second-order valence-corrected chi connectivity index (χ2v) is 4.12. The van der Waals surface area contributed by atoms with E-state index in [1.807, 2.05) is 18.3 Å². The number of nitrogens with one attached hydrogen (secondary N) is 1. The van der Waals surface area contributed by atoms with Crippen LogP contribution in [0, 0.1) is 6.92 Å². The van der Waals surface area contributed by atoms with Gasteiger partial charge in [-0.25, -0.2) is 0 Å². The van der Waals surface area contributed by atoms with Crippen molar-refractivity contribution in [1.82, 2.24) is 4.98 Å². The fourth-order valence-corrected chi connectivity index (χ4v) is 2.08. The summed E-state index contributed by atoms with van der Waals surface area (Å²) in [6.45, 7) is 3.02. The van der Waals surface area contributed by atoms with Gasteiger partial charge >= 0.3 is 0 Å². The van der Waals surface area contributed by atoms with Gasteiger partial charge in [0.15, 0.2) is 0 Å². The monoisotopic (exact) mass is 204 g/mol. The Labute approximate surface area is 87.6 Å². The number of hydrogen-bond donors (Lipinski definition) is 1. The summed E-state index contributed by atoms with van der Waals surface area (Å²) < 4.78 is 0. The summed E-state index contributed by atoms with van der Waals surface area (Å²) in [5.74, 6) is 0. The zero-order valence-corrected chi connectivity index (χ0v) is 8.84. The van der Waals surface area contributed by atoms with Crippen LogP contribution in [0.2, 0.25) is 0 Å². The molecule has 0 aliphatic carbocycles. The van der Waals surface area contributed by atoms with Crippen LogP contribution in [-0.2, 0) is 6.54 Å². The van der Waals surface area contributed by atoms with Gasteiger partial charge in [-0.15, -0.1) is 11.3 Å². The van der Waals surface area contributed by atoms with E-state index in [1.165, 1.54) is 10.4 Å². The van der Waals surface area contributed by atoms with E-state index in [9.17, 15) is 0 Å². The van der Waals surface area contributed by atoms with Crippen molar-refractivity contribution in [2.24, 2.45) is 0 Å². The van der Waals surface area contributed by atoms with Gasteiger partial charge in [-0.3, -0.25) is 4.98 Å². The summed E-state index contributed by atoms with van der Waals surface area (Å²) in [5, 5.41) is 5.46. The predicted octanol–water partition coefficient (Wildman–Crippen LogP) is 3.06. The van der Waals surface area contributed by atoms with Gasteiger partial charge in [0.05, 0.1) is 5.69 Å². The number of rotatable bonds is 3. The second kappa shape index (κ2) is 4.24. The zero-order valence-electron chi connectivity index (χ0n) is 8.03. The lowest BCUT2D eigenvalue weighted by Gasteiger charge is -2.04. The molecule has 0 aliphatic rings. The molecule has 1 N–H and O–H groups in total. The molecule has 2 aromatic heterocycles. The highest BCUT2D eigenvalue weighted by atomic mass is 32.1. The fourth-order valence-electron chi connectivity index (χ4n) is 1.23. The average Bonchev–Trinajstić information content (AvgIpc) is 2.63. The average molecular weight is 204 g/mol. The summed E-state index contributed by atoms with van der Waals surface area (Å²) in [4.78, 5) is 5.43. The Hall–Kier alpha value is -1.35. The van der Waals surface area contributed by atoms with E-state index in [0.29, 0.717) is 0 Å². The summed E-state index contributed by atoms with van der Waals surface area (Å²) in [6, 6.07) is 6.10. The minimum absolute atomic E-state index is 0.884. The van der Waals surface area contributed by atoms with Crippen LogP contribution in [0.15, 0.2) is 36.0 Å². The molecule has 0 bridgehead atoms. The van der Waals surface area contributed by atoms with E-state index in [2.05, 4.69) is 28.7 Å². The van der Waals surface area contributed by atoms with Crippen LogP contribution in [0.25, 0.3) is 0 Å². The number of aromatic nitrogens is 1. The molecule has 2 heterocycles. The molecule has 2 rings (SSSR count). The molecule has 2 nitrogen and oxygen atoms in total. The minimum atomic E-state index is 0.884. The van der Waals surface area contributed by atoms with Crippen molar-refractivity contribution < 1.29 is 0 Å². The molecule has 72 valence electrons. The molecule has 0 unspecified atom stereocenters. The molecule has 2 aromatic rings. The van der Waals surface area contributed by atoms with E-state index in [4.69, 9.17) is 0 Å². The van der Waals surface area contributed by atoms with Gasteiger partial charge in [0.2, 0.25) is 0 Å². The lowest BCUT2D eigenvalue weighted by molar-refractivity contribution is 1.15. The number of anilines is 1. The number of pyridine rings is 1. The Morgan fingerprint density at radius 3 is 3.00 bits per heavy atom. The SMILES string of the molecule is Cc1ccsc1CNc1cccnc1. The third-order valence-electron chi connectivity index (χ3n) is 2.08. The highest BCUT2D eigenvalue weighted by molar-refractivity contribution is 7.10. The van der Waals surface area contributed by atoms with Crippen molar-refractivity contribution in [1.29, 1.82) is 0 Å². The van der Waals surface area contributed by atoms with E-state index >= 15 is 0 Å². The van der Waals surface area contributed by atoms with Crippen LogP contribution in [0.4, 0.5) is 5.69 Å². The topological polar surface area (TPSA) is 24.9 Å². The fraction of sp³-hybridized carbons (Fsp3) is 0.182. The number of hydrogen-bond acceptors (Lipinski definition) is 3. The maximum Gasteiger partial charge on any atom is 0.0529 e. The number of thiophene rings is 1. The van der Waals surface area contributed by atoms with Gasteiger partial charge in [0.25, 0.3) is 0 Å². The molecule has 0 fully saturated rings. The number of aryl methyl sites for hydroxylation is 1. The Kier molecular flexibility index (Phi) is 2.79. The zero-order chi connectivity index (χ0) is 9.80. The smallest absolute Gasteiger partial charge is 0.0529 e. The molecular weight excluding hydrogens is 192 g/mol. The summed E-state index contributed by atoms with van der Waals surface area (Å²) in [5.41, 5.74) is 2.42. The molecule has 0 radical (unpaired) electrons. The van der Waals surface area contributed by atoms with Gasteiger partial charge in [-0.05, 0) is 36.1 Å². The van der Waals surface area contributed by atoms with Gasteiger partial charge in [-0.1, -0.05) is 0 Å². The van der Waals surface area contributed by atoms with Crippen LogP contribution in [0.3, 0.4) is 0 Å². The van der Waals surface area contributed by atoms with Gasteiger partial charge in [0, 0.05) is 23.8 Å². The Morgan fingerprint density at radius 2 is 2.36 bits per heavy atom. The first-order valence-electron chi connectivity index (χ1n) is 4.53. The van der Waals surface area contributed by atoms with Crippen LogP contribution in [0.5, 0.6) is 0 Å². The first kappa shape index (κ1) is 9.21. The third kappa shape index (κ3) is 2.12. The lowest BCUT2D eigenvalue weighted by atomic mass is 10.3. The molecule has 3 heteroatoms. The minimum Gasteiger partial charge on any atom is -0.379 e. The van der Waals surface area contributed by atoms with Crippen molar-refractivity contribution in [2.75, 3.05) is 5.32 Å². The summed E-state index contributed by atoms with van der Waals surface area (Å²) >= 11 is 1.79. The third-order valence-corrected chi connectivity index (χ3v) is 3.11. The van der Waals surface area contributed by atoms with E-state index in [1.54, 1.807) is 17.5 Å². The van der Waals surface area contributed by atoms with Crippen molar-refractivity contribution in [3.05, 3.63) is 46.4 Å². The maximum absolute atomic E-state index is 4.05. The molecule has 0 amide bonds. The van der Waals surface area contributed by atoms with E-state index in [0.717, 1.165) is 12.2 Å². The highest BCUT2D eigenvalue weighted by Gasteiger charge is 1.98. The molecule has 0 saturated carbocycles. The second-order valence-electron chi connectivity index (χ2n) is 3.12. The van der Waals surface area contributed by atoms with E-state index in [-0.39, 0.29) is 0 Å². The maximum atomic E-state index is 4.05. The predicted molar refractivity (Wildman–Crippen MR) is 60.6 cm³/mol. The first-order chi connectivity index (χ1) is 6.86. The van der Waals surface area contributed by atoms with Crippen molar-refractivity contribution in [3.8, 4) is 0 Å². The molecular formula is C11H12N2S. The van der Waals surface area contributed by atoms with Crippen LogP contribution >= 0.6 is 11.3 Å². The highest BCUT2D eigenvalue weighted by Crippen LogP contribution is 2.16. The molecule has 0 saturated heterocycles. The van der Waals surface area contributed by atoms with Crippen molar-refractivity contribution in [3.63, 3.8) is 0 Å². The standard InChI is InChI=1S/C11H12N2S/c1-9-4-6-14-11(9)8-13-10-3-2-5-12-7-10/h2-7,13H,8H2,1H3. The van der Waals surface area contributed by atoms with Gasteiger partial charge < -0.3 is 5.32 Å². The summed E-state index contributed by atoms with van der Waals surface area (Å²) in [6.07, 6.45) is 3.62. The normalized spacial score (nSPS) is 10.1. The van der Waals surface area contributed by atoms with Gasteiger partial charge in [-0.2, -0.15) is 0 Å². The largest absolute Gasteiger partial charge is 0.379 e. The van der Waals surface area contributed by atoms with Crippen molar-refractivity contribution >= 4 is 17.0 Å². The van der Waals surface area contributed by atoms with Crippen LogP contribution in [-0.4, -0.2) is 4.98 Å². The van der Waals surface area contributed by atoms with E-state index < -0.39 is 0 Å². The Bertz CT molecular complexity index is 395. The van der Waals surface area contributed by atoms with Crippen LogP contribution in [0.1, 0.15) is 10.4 Å². The van der Waals surface area contributed by atoms with Gasteiger partial charge in [0.1, 0.15) is 0 Å². The summed E-state index contributed by atoms with van der Waals surface area (Å²) in [7, 11) is 0. The first-order valence-corrected chi connectivity index (χ1v) is 5.41. The molecule has 0 aromatic carbocycles. The van der Waals surface area contributed by atoms with Crippen molar-refractivity contribution in [2.45, 2.75) is 13.5 Å². The molecule has 0 aliphatic heterocycles. The molecule has 0 spiro atoms. The quantitative estimate of drug-likeness (QED) is 0.831. The molecule has 0 atom stereocenters. The van der Waals surface area contributed by atoms with Crippen LogP contribution < -0.4 is 5.32 Å². The lowest BCUT2D eigenvalue weighted by Crippen LogP contribution is -1.98. The molecule has 14 heavy (non-hydrogen) atoms. The Balaban J connectivity index is 1.99.